The van der Waals surface area contributed by atoms with Crippen LogP contribution in [-0.4, -0.2) is 13.5 Å². The van der Waals surface area contributed by atoms with Gasteiger partial charge in [0.25, 0.3) is 9.05 Å². The van der Waals surface area contributed by atoms with E-state index in [1.807, 2.05) is 0 Å². The summed E-state index contributed by atoms with van der Waals surface area (Å²) in [6.45, 7) is 3.31. The van der Waals surface area contributed by atoms with Crippen molar-refractivity contribution in [2.45, 2.75) is 18.7 Å². The lowest BCUT2D eigenvalue weighted by Crippen LogP contribution is -1.95. The van der Waals surface area contributed by atoms with Gasteiger partial charge in [-0.15, -0.1) is 0 Å². The van der Waals surface area contributed by atoms with E-state index in [1.165, 1.54) is 0 Å². The van der Waals surface area contributed by atoms with Crippen LogP contribution >= 0.6 is 10.7 Å². The third kappa shape index (κ3) is 2.14. The summed E-state index contributed by atoms with van der Waals surface area (Å²) in [7, 11) is 1.39. The molecule has 0 bridgehead atoms. The molecule has 0 amide bonds. The zero-order valence-corrected chi connectivity index (χ0v) is 8.78. The molecule has 72 valence electrons. The number of halogens is 1. The molecule has 1 aromatic rings. The van der Waals surface area contributed by atoms with Crippen LogP contribution in [0.5, 0.6) is 5.75 Å². The highest BCUT2D eigenvalue weighted by Gasteiger charge is 2.15. The van der Waals surface area contributed by atoms with E-state index >= 15 is 0 Å². The number of phenols is 1. The number of phenolic OH excluding ortho intramolecular Hbond substituents is 1. The average Bonchev–Trinajstić information content (AvgIpc) is 1.94. The number of benzene rings is 1. The van der Waals surface area contributed by atoms with E-state index in [-0.39, 0.29) is 10.6 Å². The summed E-state index contributed by atoms with van der Waals surface area (Å²) >= 11 is 0. The zero-order valence-electron chi connectivity index (χ0n) is 7.20. The molecule has 0 saturated carbocycles. The van der Waals surface area contributed by atoms with Gasteiger partial charge in [0.15, 0.2) is 0 Å². The van der Waals surface area contributed by atoms with Crippen LogP contribution < -0.4 is 0 Å². The SMILES string of the molecule is Cc1cc(C)c(S(=O)(=O)Cl)cc1O. The molecule has 0 aliphatic heterocycles. The Hall–Kier alpha value is -0.740. The van der Waals surface area contributed by atoms with Crippen molar-refractivity contribution >= 4 is 19.7 Å². The molecule has 0 aliphatic rings. The molecular formula is C8H9ClO3S. The Balaban J connectivity index is 3.50. The summed E-state index contributed by atoms with van der Waals surface area (Å²) in [6, 6.07) is 2.73. The topological polar surface area (TPSA) is 54.4 Å². The minimum absolute atomic E-state index is 0.0442. The van der Waals surface area contributed by atoms with Crippen LogP contribution in [0.1, 0.15) is 11.1 Å². The van der Waals surface area contributed by atoms with E-state index in [0.29, 0.717) is 11.1 Å². The second kappa shape index (κ2) is 3.20. The monoisotopic (exact) mass is 220 g/mol. The van der Waals surface area contributed by atoms with Gasteiger partial charge in [-0.2, -0.15) is 0 Å². The number of hydrogen-bond donors (Lipinski definition) is 1. The average molecular weight is 221 g/mol. The van der Waals surface area contributed by atoms with Crippen molar-refractivity contribution in [1.82, 2.24) is 0 Å². The van der Waals surface area contributed by atoms with Crippen LogP contribution in [0, 0.1) is 13.8 Å². The Morgan fingerprint density at radius 3 is 2.23 bits per heavy atom. The van der Waals surface area contributed by atoms with Gasteiger partial charge in [-0.3, -0.25) is 0 Å². The van der Waals surface area contributed by atoms with Crippen molar-refractivity contribution < 1.29 is 13.5 Å². The maximum Gasteiger partial charge on any atom is 0.261 e. The minimum Gasteiger partial charge on any atom is -0.508 e. The second-order valence-electron chi connectivity index (χ2n) is 2.84. The molecule has 3 nitrogen and oxygen atoms in total. The van der Waals surface area contributed by atoms with E-state index < -0.39 is 9.05 Å². The third-order valence-electron chi connectivity index (χ3n) is 1.76. The largest absolute Gasteiger partial charge is 0.508 e. The quantitative estimate of drug-likeness (QED) is 0.736. The first-order valence-electron chi connectivity index (χ1n) is 3.57. The van der Waals surface area contributed by atoms with Crippen LogP contribution in [0.25, 0.3) is 0 Å². The predicted molar refractivity (Wildman–Crippen MR) is 50.6 cm³/mol. The van der Waals surface area contributed by atoms with Crippen LogP contribution in [0.3, 0.4) is 0 Å². The van der Waals surface area contributed by atoms with Gasteiger partial charge in [-0.05, 0) is 25.0 Å². The molecule has 0 heterocycles. The van der Waals surface area contributed by atoms with Gasteiger partial charge in [0.2, 0.25) is 0 Å². The molecule has 0 radical (unpaired) electrons. The number of aromatic hydroxyl groups is 1. The summed E-state index contributed by atoms with van der Waals surface area (Å²) in [5.41, 5.74) is 1.16. The fourth-order valence-corrected chi connectivity index (χ4v) is 2.28. The van der Waals surface area contributed by atoms with Gasteiger partial charge in [0, 0.05) is 16.7 Å². The molecule has 0 aliphatic carbocycles. The Bertz CT molecular complexity index is 437. The molecule has 0 fully saturated rings. The maximum absolute atomic E-state index is 11.0. The first kappa shape index (κ1) is 10.3. The van der Waals surface area contributed by atoms with Crippen molar-refractivity contribution in [3.05, 3.63) is 23.3 Å². The predicted octanol–water partition coefficient (Wildman–Crippen LogP) is 1.94. The van der Waals surface area contributed by atoms with Gasteiger partial charge in [0.05, 0.1) is 4.90 Å². The second-order valence-corrected chi connectivity index (χ2v) is 5.38. The highest BCUT2D eigenvalue weighted by atomic mass is 35.7. The lowest BCUT2D eigenvalue weighted by molar-refractivity contribution is 0.468. The molecular weight excluding hydrogens is 212 g/mol. The van der Waals surface area contributed by atoms with E-state index in [4.69, 9.17) is 10.7 Å². The molecule has 1 rings (SSSR count). The number of aryl methyl sites for hydroxylation is 2. The molecule has 0 atom stereocenters. The molecule has 0 aromatic heterocycles. The molecule has 5 heteroatoms. The zero-order chi connectivity index (χ0) is 10.2. The highest BCUT2D eigenvalue weighted by molar-refractivity contribution is 8.13. The fraction of sp³-hybridized carbons (Fsp3) is 0.250. The fourth-order valence-electron chi connectivity index (χ4n) is 1.08. The van der Waals surface area contributed by atoms with Gasteiger partial charge < -0.3 is 5.11 Å². The molecule has 1 N–H and O–H groups in total. The van der Waals surface area contributed by atoms with Gasteiger partial charge in [0.1, 0.15) is 5.75 Å². The number of rotatable bonds is 1. The van der Waals surface area contributed by atoms with E-state index in [2.05, 4.69) is 0 Å². The molecule has 0 unspecified atom stereocenters. The first-order chi connectivity index (χ1) is 5.82. The van der Waals surface area contributed by atoms with E-state index in [1.54, 1.807) is 19.9 Å². The Morgan fingerprint density at radius 2 is 1.77 bits per heavy atom. The minimum atomic E-state index is -3.76. The summed E-state index contributed by atoms with van der Waals surface area (Å²) in [6.07, 6.45) is 0. The van der Waals surface area contributed by atoms with E-state index in [9.17, 15) is 13.5 Å². The van der Waals surface area contributed by atoms with Crippen molar-refractivity contribution in [3.8, 4) is 5.75 Å². The van der Waals surface area contributed by atoms with Crippen molar-refractivity contribution in [2.75, 3.05) is 0 Å². The van der Waals surface area contributed by atoms with Crippen molar-refractivity contribution in [2.24, 2.45) is 0 Å². The van der Waals surface area contributed by atoms with Gasteiger partial charge >= 0.3 is 0 Å². The molecule has 13 heavy (non-hydrogen) atoms. The summed E-state index contributed by atoms with van der Waals surface area (Å²) in [5, 5.41) is 9.26. The smallest absolute Gasteiger partial charge is 0.261 e. The molecule has 0 saturated heterocycles. The van der Waals surface area contributed by atoms with Crippen molar-refractivity contribution in [3.63, 3.8) is 0 Å². The van der Waals surface area contributed by atoms with E-state index in [0.717, 1.165) is 6.07 Å². The lowest BCUT2D eigenvalue weighted by Gasteiger charge is -2.04. The molecule has 0 spiro atoms. The van der Waals surface area contributed by atoms with Crippen LogP contribution in [-0.2, 0) is 9.05 Å². The summed E-state index contributed by atoms with van der Waals surface area (Å²) in [4.78, 5) is -0.0442. The maximum atomic E-state index is 11.0. The first-order valence-corrected chi connectivity index (χ1v) is 5.88. The van der Waals surface area contributed by atoms with Gasteiger partial charge in [-0.1, -0.05) is 6.07 Å². The van der Waals surface area contributed by atoms with Crippen LogP contribution in [0.15, 0.2) is 17.0 Å². The third-order valence-corrected chi connectivity index (χ3v) is 3.22. The Kier molecular flexibility index (Phi) is 2.54. The molecule has 1 aromatic carbocycles. The van der Waals surface area contributed by atoms with Crippen LogP contribution in [0.4, 0.5) is 0 Å². The Labute approximate surface area is 81.4 Å². The standard InChI is InChI=1S/C8H9ClO3S/c1-5-3-6(2)8(4-7(5)10)13(9,11)12/h3-4,10H,1-2H3. The summed E-state index contributed by atoms with van der Waals surface area (Å²) < 4.78 is 21.9. The highest BCUT2D eigenvalue weighted by Crippen LogP contribution is 2.26. The van der Waals surface area contributed by atoms with Crippen LogP contribution in [0.2, 0.25) is 0 Å². The van der Waals surface area contributed by atoms with Crippen molar-refractivity contribution in [1.29, 1.82) is 0 Å². The number of hydrogen-bond acceptors (Lipinski definition) is 3. The lowest BCUT2D eigenvalue weighted by atomic mass is 10.1. The summed E-state index contributed by atoms with van der Waals surface area (Å²) in [5.74, 6) is -0.0650. The van der Waals surface area contributed by atoms with Gasteiger partial charge in [-0.25, -0.2) is 8.42 Å². The Morgan fingerprint density at radius 1 is 1.23 bits per heavy atom. The normalized spacial score (nSPS) is 11.6.